The third-order valence-electron chi connectivity index (χ3n) is 3.65. The molecule has 3 rings (SSSR count). The molecule has 1 aliphatic rings. The fourth-order valence-electron chi connectivity index (χ4n) is 2.57. The summed E-state index contributed by atoms with van der Waals surface area (Å²) < 4.78 is 43.9. The first kappa shape index (κ1) is 13.9. The van der Waals surface area contributed by atoms with Crippen LogP contribution < -0.4 is 10.5 Å². The molecule has 2 aromatic rings. The van der Waals surface area contributed by atoms with Gasteiger partial charge in [0.15, 0.2) is 0 Å². The van der Waals surface area contributed by atoms with Gasteiger partial charge in [-0.2, -0.15) is 13.2 Å². The number of fused-ring (bicyclic) bond motifs is 1. The Morgan fingerprint density at radius 1 is 1.10 bits per heavy atom. The average molecular weight is 293 g/mol. The summed E-state index contributed by atoms with van der Waals surface area (Å²) in [5.41, 5.74) is 7.67. The molecule has 0 saturated heterocycles. The molecule has 0 aliphatic carbocycles. The Balaban J connectivity index is 2.00. The first-order valence-electron chi connectivity index (χ1n) is 6.64. The molecule has 0 bridgehead atoms. The second-order valence-electron chi connectivity index (χ2n) is 5.03. The topological polar surface area (TPSA) is 35.2 Å². The third-order valence-corrected chi connectivity index (χ3v) is 3.65. The SMILES string of the molecule is NC(c1cccc(C(F)(F)F)c1)c1cccc2c1OCC2. The van der Waals surface area contributed by atoms with Gasteiger partial charge in [-0.25, -0.2) is 0 Å². The van der Waals surface area contributed by atoms with E-state index < -0.39 is 17.8 Å². The predicted octanol–water partition coefficient (Wildman–Crippen LogP) is 3.69. The smallest absolute Gasteiger partial charge is 0.416 e. The van der Waals surface area contributed by atoms with Gasteiger partial charge in [0.25, 0.3) is 0 Å². The molecule has 2 nitrogen and oxygen atoms in total. The van der Waals surface area contributed by atoms with Crippen LogP contribution in [0.5, 0.6) is 5.75 Å². The molecule has 1 aliphatic heterocycles. The molecule has 0 spiro atoms. The van der Waals surface area contributed by atoms with Crippen LogP contribution in [0.15, 0.2) is 42.5 Å². The maximum atomic E-state index is 12.8. The van der Waals surface area contributed by atoms with Crippen molar-refractivity contribution in [3.05, 3.63) is 64.7 Å². The highest BCUT2D eigenvalue weighted by molar-refractivity contribution is 5.48. The van der Waals surface area contributed by atoms with Gasteiger partial charge in [-0.1, -0.05) is 30.3 Å². The van der Waals surface area contributed by atoms with Crippen molar-refractivity contribution in [2.75, 3.05) is 6.61 Å². The molecule has 2 aromatic carbocycles. The van der Waals surface area contributed by atoms with Crippen LogP contribution in [0, 0.1) is 0 Å². The Labute approximate surface area is 120 Å². The summed E-state index contributed by atoms with van der Waals surface area (Å²) in [5.74, 6) is 0.711. The largest absolute Gasteiger partial charge is 0.493 e. The van der Waals surface area contributed by atoms with Crippen molar-refractivity contribution in [3.8, 4) is 5.75 Å². The Morgan fingerprint density at radius 2 is 1.86 bits per heavy atom. The minimum Gasteiger partial charge on any atom is -0.493 e. The molecule has 1 atom stereocenters. The third kappa shape index (κ3) is 2.61. The van der Waals surface area contributed by atoms with Gasteiger partial charge in [-0.15, -0.1) is 0 Å². The minimum atomic E-state index is -4.37. The van der Waals surface area contributed by atoms with Crippen LogP contribution in [0.25, 0.3) is 0 Å². The molecule has 21 heavy (non-hydrogen) atoms. The molecular weight excluding hydrogens is 279 g/mol. The monoisotopic (exact) mass is 293 g/mol. The van der Waals surface area contributed by atoms with E-state index in [4.69, 9.17) is 10.5 Å². The number of hydrogen-bond acceptors (Lipinski definition) is 2. The number of halogens is 3. The molecule has 1 unspecified atom stereocenters. The highest BCUT2D eigenvalue weighted by atomic mass is 19.4. The van der Waals surface area contributed by atoms with Gasteiger partial charge >= 0.3 is 6.18 Å². The van der Waals surface area contributed by atoms with Crippen LogP contribution >= 0.6 is 0 Å². The highest BCUT2D eigenvalue weighted by Gasteiger charge is 2.31. The van der Waals surface area contributed by atoms with Crippen molar-refractivity contribution in [2.45, 2.75) is 18.6 Å². The van der Waals surface area contributed by atoms with E-state index in [-0.39, 0.29) is 0 Å². The normalized spacial score (nSPS) is 15.4. The fourth-order valence-corrected chi connectivity index (χ4v) is 2.57. The van der Waals surface area contributed by atoms with Crippen LogP contribution in [0.3, 0.4) is 0 Å². The number of para-hydroxylation sites is 1. The zero-order chi connectivity index (χ0) is 15.0. The second-order valence-corrected chi connectivity index (χ2v) is 5.03. The van der Waals surface area contributed by atoms with E-state index in [0.29, 0.717) is 17.9 Å². The van der Waals surface area contributed by atoms with Gasteiger partial charge in [0.05, 0.1) is 18.2 Å². The van der Waals surface area contributed by atoms with Gasteiger partial charge in [0.1, 0.15) is 5.75 Å². The number of rotatable bonds is 2. The lowest BCUT2D eigenvalue weighted by atomic mass is 9.95. The summed E-state index contributed by atoms with van der Waals surface area (Å²) >= 11 is 0. The molecule has 0 saturated carbocycles. The summed E-state index contributed by atoms with van der Waals surface area (Å²) in [6, 6.07) is 10.1. The summed E-state index contributed by atoms with van der Waals surface area (Å²) in [4.78, 5) is 0. The van der Waals surface area contributed by atoms with Crippen LogP contribution in [0.1, 0.15) is 28.3 Å². The van der Waals surface area contributed by atoms with E-state index in [2.05, 4.69) is 0 Å². The van der Waals surface area contributed by atoms with Crippen molar-refractivity contribution in [3.63, 3.8) is 0 Å². The van der Waals surface area contributed by atoms with Crippen LogP contribution in [0.2, 0.25) is 0 Å². The molecule has 2 N–H and O–H groups in total. The van der Waals surface area contributed by atoms with Gasteiger partial charge in [0, 0.05) is 12.0 Å². The molecule has 5 heteroatoms. The van der Waals surface area contributed by atoms with E-state index in [1.165, 1.54) is 6.07 Å². The number of benzene rings is 2. The summed E-state index contributed by atoms with van der Waals surface area (Å²) in [5, 5.41) is 0. The van der Waals surface area contributed by atoms with E-state index in [9.17, 15) is 13.2 Å². The summed E-state index contributed by atoms with van der Waals surface area (Å²) in [7, 11) is 0. The first-order valence-corrected chi connectivity index (χ1v) is 6.64. The molecular formula is C16H14F3NO. The maximum absolute atomic E-state index is 12.8. The van der Waals surface area contributed by atoms with Gasteiger partial charge in [-0.05, 0) is 23.3 Å². The van der Waals surface area contributed by atoms with Gasteiger partial charge in [-0.3, -0.25) is 0 Å². The van der Waals surface area contributed by atoms with Crippen molar-refractivity contribution >= 4 is 0 Å². The molecule has 0 fully saturated rings. The lowest BCUT2D eigenvalue weighted by Crippen LogP contribution is -2.14. The van der Waals surface area contributed by atoms with Crippen molar-refractivity contribution in [1.29, 1.82) is 0 Å². The molecule has 0 radical (unpaired) electrons. The molecule has 110 valence electrons. The lowest BCUT2D eigenvalue weighted by Gasteiger charge is -2.17. The van der Waals surface area contributed by atoms with E-state index in [0.717, 1.165) is 29.7 Å². The molecule has 0 aromatic heterocycles. The van der Waals surface area contributed by atoms with Crippen LogP contribution in [-0.2, 0) is 12.6 Å². The maximum Gasteiger partial charge on any atom is 0.416 e. The van der Waals surface area contributed by atoms with Crippen LogP contribution in [0.4, 0.5) is 13.2 Å². The number of nitrogens with two attached hydrogens (primary N) is 1. The zero-order valence-corrected chi connectivity index (χ0v) is 11.2. The molecule has 1 heterocycles. The van der Waals surface area contributed by atoms with E-state index >= 15 is 0 Å². The fraction of sp³-hybridized carbons (Fsp3) is 0.250. The van der Waals surface area contributed by atoms with E-state index in [1.54, 1.807) is 12.1 Å². The second kappa shape index (κ2) is 5.07. The highest BCUT2D eigenvalue weighted by Crippen LogP contribution is 2.36. The van der Waals surface area contributed by atoms with Crippen molar-refractivity contribution in [1.82, 2.24) is 0 Å². The Hall–Kier alpha value is -2.01. The Bertz CT molecular complexity index is 667. The number of alkyl halides is 3. The average Bonchev–Trinajstić information content (AvgIpc) is 2.94. The zero-order valence-electron chi connectivity index (χ0n) is 11.2. The summed E-state index contributed by atoms with van der Waals surface area (Å²) in [6.45, 7) is 0.585. The van der Waals surface area contributed by atoms with E-state index in [1.807, 2.05) is 12.1 Å². The summed E-state index contributed by atoms with van der Waals surface area (Å²) in [6.07, 6.45) is -3.57. The standard InChI is InChI=1S/C16H14F3NO/c17-16(18,19)12-5-1-4-11(9-12)14(20)13-6-2-3-10-7-8-21-15(10)13/h1-6,9,14H,7-8,20H2. The van der Waals surface area contributed by atoms with Gasteiger partial charge < -0.3 is 10.5 Å². The Kier molecular flexibility index (Phi) is 3.37. The number of ether oxygens (including phenoxy) is 1. The van der Waals surface area contributed by atoms with Crippen LogP contribution in [-0.4, -0.2) is 6.61 Å². The van der Waals surface area contributed by atoms with Crippen molar-refractivity contribution < 1.29 is 17.9 Å². The van der Waals surface area contributed by atoms with Gasteiger partial charge in [0.2, 0.25) is 0 Å². The lowest BCUT2D eigenvalue weighted by molar-refractivity contribution is -0.137. The number of hydrogen-bond donors (Lipinski definition) is 1. The minimum absolute atomic E-state index is 0.425. The predicted molar refractivity (Wildman–Crippen MR) is 73.1 cm³/mol. The quantitative estimate of drug-likeness (QED) is 0.916. The molecule has 0 amide bonds. The first-order chi connectivity index (χ1) is 9.97. The van der Waals surface area contributed by atoms with Crippen molar-refractivity contribution in [2.24, 2.45) is 5.73 Å². The Morgan fingerprint density at radius 3 is 2.62 bits per heavy atom.